The molecule has 0 bridgehead atoms. The maximum atomic E-state index is 13.1. The van der Waals surface area contributed by atoms with Crippen LogP contribution in [0.5, 0.6) is 0 Å². The number of hydrogen-bond acceptors (Lipinski definition) is 5. The number of carbonyl (C=O) groups excluding carboxylic acids is 2. The highest BCUT2D eigenvalue weighted by molar-refractivity contribution is 6.00. The molecule has 1 atom stereocenters. The number of likely N-dealkylation sites (tertiary alicyclic amines) is 1. The van der Waals surface area contributed by atoms with Gasteiger partial charge in [-0.3, -0.25) is 14.5 Å². The van der Waals surface area contributed by atoms with Gasteiger partial charge in [0.25, 0.3) is 0 Å². The average molecular weight is 412 g/mol. The maximum Gasteiger partial charge on any atom is 0.249 e. The highest BCUT2D eigenvalue weighted by Gasteiger charge is 2.36. The molecule has 2 aromatic rings. The smallest absolute Gasteiger partial charge is 0.249 e. The van der Waals surface area contributed by atoms with E-state index in [1.54, 1.807) is 21.9 Å². The van der Waals surface area contributed by atoms with E-state index in [1.165, 1.54) is 19.2 Å². The van der Waals surface area contributed by atoms with Gasteiger partial charge in [-0.05, 0) is 43.9 Å². The second-order valence-electron chi connectivity index (χ2n) is 7.75. The van der Waals surface area contributed by atoms with Crippen LogP contribution in [0.25, 0.3) is 0 Å². The number of aromatic nitrogens is 2. The van der Waals surface area contributed by atoms with E-state index < -0.39 is 0 Å². The van der Waals surface area contributed by atoms with Crippen LogP contribution < -0.4 is 4.90 Å². The molecule has 30 heavy (non-hydrogen) atoms. The molecular formula is C22H25FN4O3. The molecule has 0 spiro atoms. The SMILES string of the molecule is COCC(=O)N1CCCC1c1nc(C)c2c(n1)N(CCc1ccc(F)cc1)C(=O)C2. The van der Waals surface area contributed by atoms with Crippen LogP contribution in [0.2, 0.25) is 0 Å². The van der Waals surface area contributed by atoms with Crippen LogP contribution >= 0.6 is 0 Å². The molecule has 1 saturated heterocycles. The minimum atomic E-state index is -0.279. The minimum Gasteiger partial charge on any atom is -0.375 e. The number of amides is 2. The lowest BCUT2D eigenvalue weighted by Crippen LogP contribution is -2.34. The molecule has 1 aromatic carbocycles. The molecule has 2 aliphatic rings. The predicted octanol–water partition coefficient (Wildman–Crippen LogP) is 2.37. The molecule has 4 rings (SSSR count). The fourth-order valence-electron chi connectivity index (χ4n) is 4.21. The summed E-state index contributed by atoms with van der Waals surface area (Å²) in [6.07, 6.45) is 2.55. The van der Waals surface area contributed by atoms with Crippen LogP contribution in [0.1, 0.15) is 41.5 Å². The monoisotopic (exact) mass is 412 g/mol. The Balaban J connectivity index is 1.58. The van der Waals surface area contributed by atoms with E-state index in [-0.39, 0.29) is 36.7 Å². The number of hydrogen-bond donors (Lipinski definition) is 0. The number of halogens is 1. The fraction of sp³-hybridized carbons (Fsp3) is 0.455. The summed E-state index contributed by atoms with van der Waals surface area (Å²) in [5, 5.41) is 0. The molecule has 158 valence electrons. The zero-order valence-electron chi connectivity index (χ0n) is 17.2. The molecule has 0 aliphatic carbocycles. The number of benzene rings is 1. The van der Waals surface area contributed by atoms with Gasteiger partial charge in [0, 0.05) is 31.5 Å². The van der Waals surface area contributed by atoms with Crippen molar-refractivity contribution in [3.05, 3.63) is 52.7 Å². The van der Waals surface area contributed by atoms with Crippen molar-refractivity contribution >= 4 is 17.6 Å². The quantitative estimate of drug-likeness (QED) is 0.728. The number of aryl methyl sites for hydroxylation is 1. The summed E-state index contributed by atoms with van der Waals surface area (Å²) in [4.78, 5) is 37.9. The van der Waals surface area contributed by atoms with Crippen molar-refractivity contribution in [3.8, 4) is 0 Å². The lowest BCUT2D eigenvalue weighted by atomic mass is 10.1. The number of rotatable bonds is 6. The summed E-state index contributed by atoms with van der Waals surface area (Å²) < 4.78 is 18.1. The fourth-order valence-corrected chi connectivity index (χ4v) is 4.21. The first kappa shape index (κ1) is 20.4. The lowest BCUT2D eigenvalue weighted by Gasteiger charge is -2.25. The van der Waals surface area contributed by atoms with Gasteiger partial charge in [0.15, 0.2) is 5.82 Å². The first-order chi connectivity index (χ1) is 14.5. The van der Waals surface area contributed by atoms with Crippen molar-refractivity contribution < 1.29 is 18.7 Å². The number of methoxy groups -OCH3 is 1. The Kier molecular flexibility index (Phi) is 5.76. The maximum absolute atomic E-state index is 13.1. The van der Waals surface area contributed by atoms with Crippen molar-refractivity contribution in [3.63, 3.8) is 0 Å². The van der Waals surface area contributed by atoms with Gasteiger partial charge >= 0.3 is 0 Å². The molecule has 2 aliphatic heterocycles. The molecule has 1 aromatic heterocycles. The predicted molar refractivity (Wildman–Crippen MR) is 108 cm³/mol. The van der Waals surface area contributed by atoms with E-state index in [4.69, 9.17) is 9.72 Å². The van der Waals surface area contributed by atoms with Crippen molar-refractivity contribution in [1.29, 1.82) is 0 Å². The third-order valence-electron chi connectivity index (χ3n) is 5.77. The first-order valence-corrected chi connectivity index (χ1v) is 10.2. The van der Waals surface area contributed by atoms with Crippen molar-refractivity contribution in [2.75, 3.05) is 31.7 Å². The molecule has 2 amide bonds. The van der Waals surface area contributed by atoms with Gasteiger partial charge in [0.05, 0.1) is 12.5 Å². The number of ether oxygens (including phenoxy) is 1. The number of fused-ring (bicyclic) bond motifs is 1. The highest BCUT2D eigenvalue weighted by atomic mass is 19.1. The molecular weight excluding hydrogens is 387 g/mol. The molecule has 1 fully saturated rings. The van der Waals surface area contributed by atoms with Crippen molar-refractivity contribution in [1.82, 2.24) is 14.9 Å². The summed E-state index contributed by atoms with van der Waals surface area (Å²) >= 11 is 0. The van der Waals surface area contributed by atoms with Crippen LogP contribution in [0, 0.1) is 12.7 Å². The summed E-state index contributed by atoms with van der Waals surface area (Å²) in [7, 11) is 1.50. The third kappa shape index (κ3) is 3.92. The van der Waals surface area contributed by atoms with Gasteiger partial charge in [-0.15, -0.1) is 0 Å². The zero-order valence-corrected chi connectivity index (χ0v) is 17.2. The van der Waals surface area contributed by atoms with Gasteiger partial charge in [-0.2, -0.15) is 0 Å². The van der Waals surface area contributed by atoms with E-state index in [1.807, 2.05) is 6.92 Å². The van der Waals surface area contributed by atoms with Gasteiger partial charge in [-0.1, -0.05) is 12.1 Å². The third-order valence-corrected chi connectivity index (χ3v) is 5.77. The van der Waals surface area contributed by atoms with E-state index in [2.05, 4.69) is 4.98 Å². The molecule has 0 N–H and O–H groups in total. The molecule has 8 heteroatoms. The number of nitrogens with zero attached hydrogens (tertiary/aromatic N) is 4. The van der Waals surface area contributed by atoms with E-state index in [9.17, 15) is 14.0 Å². The Bertz CT molecular complexity index is 964. The second-order valence-corrected chi connectivity index (χ2v) is 7.75. The average Bonchev–Trinajstić information content (AvgIpc) is 3.33. The van der Waals surface area contributed by atoms with Crippen LogP contribution in [0.15, 0.2) is 24.3 Å². The van der Waals surface area contributed by atoms with Gasteiger partial charge in [-0.25, -0.2) is 14.4 Å². The van der Waals surface area contributed by atoms with E-state index >= 15 is 0 Å². The molecule has 0 saturated carbocycles. The zero-order chi connectivity index (χ0) is 21.3. The van der Waals surface area contributed by atoms with Crippen molar-refractivity contribution in [2.24, 2.45) is 0 Å². The summed E-state index contributed by atoms with van der Waals surface area (Å²) in [6.45, 7) is 3.03. The van der Waals surface area contributed by atoms with Crippen LogP contribution in [0.4, 0.5) is 10.2 Å². The Labute approximate surface area is 174 Å². The second kappa shape index (κ2) is 8.47. The summed E-state index contributed by atoms with van der Waals surface area (Å²) in [6, 6.07) is 6.10. The normalized spacial score (nSPS) is 18.2. The molecule has 1 unspecified atom stereocenters. The number of anilines is 1. The summed E-state index contributed by atoms with van der Waals surface area (Å²) in [5.41, 5.74) is 2.57. The molecule has 7 nitrogen and oxygen atoms in total. The largest absolute Gasteiger partial charge is 0.375 e. The minimum absolute atomic E-state index is 0.0135. The Morgan fingerprint density at radius 1 is 1.27 bits per heavy atom. The molecule has 3 heterocycles. The van der Waals surface area contributed by atoms with Gasteiger partial charge in [0.1, 0.15) is 18.2 Å². The van der Waals surface area contributed by atoms with E-state index in [0.717, 1.165) is 29.7 Å². The van der Waals surface area contributed by atoms with E-state index in [0.29, 0.717) is 31.2 Å². The Morgan fingerprint density at radius 2 is 2.03 bits per heavy atom. The lowest BCUT2D eigenvalue weighted by molar-refractivity contribution is -0.136. The van der Waals surface area contributed by atoms with Gasteiger partial charge in [0.2, 0.25) is 11.8 Å². The Morgan fingerprint density at radius 3 is 2.77 bits per heavy atom. The summed E-state index contributed by atoms with van der Waals surface area (Å²) in [5.74, 6) is 0.843. The topological polar surface area (TPSA) is 75.6 Å². The Hall–Kier alpha value is -2.87. The highest BCUT2D eigenvalue weighted by Crippen LogP contribution is 2.35. The van der Waals surface area contributed by atoms with Crippen LogP contribution in [-0.2, 0) is 27.2 Å². The first-order valence-electron chi connectivity index (χ1n) is 10.2. The number of carbonyl (C=O) groups is 2. The van der Waals surface area contributed by atoms with Crippen LogP contribution in [-0.4, -0.2) is 53.5 Å². The van der Waals surface area contributed by atoms with Crippen LogP contribution in [0.3, 0.4) is 0 Å². The van der Waals surface area contributed by atoms with Crippen molar-refractivity contribution in [2.45, 2.75) is 38.6 Å². The molecule has 0 radical (unpaired) electrons. The standard InChI is InChI=1S/C22H25FN4O3/c1-14-17-12-19(28)27(11-9-15-5-7-16(23)8-6-15)22(17)25-21(24-14)18-4-3-10-26(18)20(29)13-30-2/h5-8,18H,3-4,9-13H2,1-2H3. The van der Waals surface area contributed by atoms with Gasteiger partial charge < -0.3 is 9.64 Å².